The molecule has 0 amide bonds. The van der Waals surface area contributed by atoms with Crippen molar-refractivity contribution in [2.45, 2.75) is 31.6 Å². The average Bonchev–Trinajstić information content (AvgIpc) is 2.48. The van der Waals surface area contributed by atoms with Gasteiger partial charge >= 0.3 is 0 Å². The van der Waals surface area contributed by atoms with Gasteiger partial charge in [-0.15, -0.1) is 0 Å². The minimum absolute atomic E-state index is 0.0400. The molecule has 7 heteroatoms. The van der Waals surface area contributed by atoms with Crippen LogP contribution in [0.5, 0.6) is 5.75 Å². The van der Waals surface area contributed by atoms with Gasteiger partial charge in [-0.1, -0.05) is 13.8 Å². The summed E-state index contributed by atoms with van der Waals surface area (Å²) >= 11 is 0. The van der Waals surface area contributed by atoms with Gasteiger partial charge in [0.25, 0.3) is 0 Å². The summed E-state index contributed by atoms with van der Waals surface area (Å²) in [5, 5.41) is 9.51. The first-order valence-corrected chi connectivity index (χ1v) is 8.36. The van der Waals surface area contributed by atoms with Crippen LogP contribution >= 0.6 is 0 Å². The normalized spacial score (nSPS) is 12.4. The van der Waals surface area contributed by atoms with Crippen LogP contribution in [0.15, 0.2) is 23.1 Å². The molecule has 0 saturated carbocycles. The quantitative estimate of drug-likeness (QED) is 0.628. The first kappa shape index (κ1) is 17.7. The van der Waals surface area contributed by atoms with Gasteiger partial charge in [-0.3, -0.25) is 0 Å². The number of aliphatic hydroxyl groups is 1. The molecule has 1 rings (SSSR count). The molecule has 1 aromatic carbocycles. The van der Waals surface area contributed by atoms with Gasteiger partial charge in [-0.05, 0) is 25.0 Å². The summed E-state index contributed by atoms with van der Waals surface area (Å²) in [7, 11) is -2.33. The molecule has 0 heterocycles. The van der Waals surface area contributed by atoms with Crippen molar-refractivity contribution in [1.29, 1.82) is 0 Å². The second-order valence-corrected chi connectivity index (χ2v) is 6.84. The summed E-state index contributed by atoms with van der Waals surface area (Å²) in [5.41, 5.74) is 5.60. The Labute approximate surface area is 126 Å². The van der Waals surface area contributed by atoms with Crippen molar-refractivity contribution in [2.24, 2.45) is 5.41 Å². The summed E-state index contributed by atoms with van der Waals surface area (Å²) in [6, 6.07) is 4.39. The first-order valence-electron chi connectivity index (χ1n) is 6.88. The second kappa shape index (κ2) is 7.11. The summed E-state index contributed by atoms with van der Waals surface area (Å²) in [6.45, 7) is 3.96. The first-order chi connectivity index (χ1) is 9.84. The van der Waals surface area contributed by atoms with Gasteiger partial charge in [0, 0.05) is 30.3 Å². The number of hydrogen-bond acceptors (Lipinski definition) is 5. The van der Waals surface area contributed by atoms with Crippen molar-refractivity contribution in [3.05, 3.63) is 18.2 Å². The largest absolute Gasteiger partial charge is 0.495 e. The van der Waals surface area contributed by atoms with E-state index in [0.717, 1.165) is 0 Å². The maximum Gasteiger partial charge on any atom is 0.244 e. The zero-order chi connectivity index (χ0) is 16.1. The zero-order valence-corrected chi connectivity index (χ0v) is 13.5. The van der Waals surface area contributed by atoms with Gasteiger partial charge in [0.1, 0.15) is 10.6 Å². The van der Waals surface area contributed by atoms with E-state index < -0.39 is 15.4 Å². The molecule has 6 nitrogen and oxygen atoms in total. The van der Waals surface area contributed by atoms with Crippen molar-refractivity contribution in [1.82, 2.24) is 4.72 Å². The van der Waals surface area contributed by atoms with Gasteiger partial charge in [-0.2, -0.15) is 0 Å². The maximum absolute atomic E-state index is 12.4. The molecule has 0 aliphatic carbocycles. The summed E-state index contributed by atoms with van der Waals surface area (Å²) < 4.78 is 32.4. The minimum atomic E-state index is -3.72. The lowest BCUT2D eigenvalue weighted by Crippen LogP contribution is -2.39. The molecule has 0 saturated heterocycles. The van der Waals surface area contributed by atoms with Crippen LogP contribution in [0.2, 0.25) is 0 Å². The second-order valence-electron chi connectivity index (χ2n) is 5.10. The van der Waals surface area contributed by atoms with E-state index in [-0.39, 0.29) is 23.8 Å². The Balaban J connectivity index is 3.02. The number of aliphatic hydroxyl groups excluding tert-OH is 1. The highest BCUT2D eigenvalue weighted by atomic mass is 32.2. The van der Waals surface area contributed by atoms with Gasteiger partial charge in [0.05, 0.1) is 7.11 Å². The number of anilines is 1. The Morgan fingerprint density at radius 1 is 1.33 bits per heavy atom. The van der Waals surface area contributed by atoms with Crippen LogP contribution in [0.4, 0.5) is 5.69 Å². The highest BCUT2D eigenvalue weighted by Gasteiger charge is 2.29. The van der Waals surface area contributed by atoms with Crippen LogP contribution in [-0.4, -0.2) is 33.8 Å². The molecule has 4 N–H and O–H groups in total. The molecule has 0 aliphatic rings. The molecule has 0 fully saturated rings. The predicted octanol–water partition coefficient (Wildman–Crippen LogP) is 1.35. The number of hydrogen-bond donors (Lipinski definition) is 3. The van der Waals surface area contributed by atoms with Crippen LogP contribution in [0.3, 0.4) is 0 Å². The Kier molecular flexibility index (Phi) is 6.00. The molecular formula is C14H24N2O4S. The molecule has 0 spiro atoms. The standard InChI is InChI=1S/C14H24N2O4S/c1-4-14(5-2,10-17)9-16-21(18,19)13-7-6-11(15)8-12(13)20-3/h6-8,16-17H,4-5,9-10,15H2,1-3H3. The average molecular weight is 316 g/mol. The highest BCUT2D eigenvalue weighted by molar-refractivity contribution is 7.89. The van der Waals surface area contributed by atoms with E-state index >= 15 is 0 Å². The molecule has 0 atom stereocenters. The summed E-state index contributed by atoms with van der Waals surface area (Å²) in [4.78, 5) is 0.0400. The Hall–Kier alpha value is -1.31. The van der Waals surface area contributed by atoms with Crippen LogP contribution in [0.25, 0.3) is 0 Å². The smallest absolute Gasteiger partial charge is 0.244 e. The SMILES string of the molecule is CCC(CC)(CO)CNS(=O)(=O)c1ccc(N)cc1OC. The molecular weight excluding hydrogens is 292 g/mol. The molecule has 0 radical (unpaired) electrons. The van der Waals surface area contributed by atoms with Crippen molar-refractivity contribution in [2.75, 3.05) is 26.0 Å². The van der Waals surface area contributed by atoms with E-state index in [1.165, 1.54) is 25.3 Å². The van der Waals surface area contributed by atoms with E-state index in [2.05, 4.69) is 4.72 Å². The fourth-order valence-electron chi connectivity index (χ4n) is 2.01. The number of nitrogen functional groups attached to an aromatic ring is 1. The van der Waals surface area contributed by atoms with E-state index in [1.54, 1.807) is 0 Å². The van der Waals surface area contributed by atoms with Gasteiger partial charge in [0.15, 0.2) is 0 Å². The lowest BCUT2D eigenvalue weighted by atomic mass is 9.84. The Morgan fingerprint density at radius 2 is 1.95 bits per heavy atom. The van der Waals surface area contributed by atoms with Crippen LogP contribution in [-0.2, 0) is 10.0 Å². The van der Waals surface area contributed by atoms with E-state index in [0.29, 0.717) is 18.5 Å². The lowest BCUT2D eigenvalue weighted by Gasteiger charge is -2.29. The van der Waals surface area contributed by atoms with Gasteiger partial charge in [0.2, 0.25) is 10.0 Å². The summed E-state index contributed by atoms with van der Waals surface area (Å²) in [6.07, 6.45) is 1.36. The predicted molar refractivity (Wildman–Crippen MR) is 82.7 cm³/mol. The number of nitrogens with one attached hydrogen (secondary N) is 1. The van der Waals surface area contributed by atoms with Crippen molar-refractivity contribution < 1.29 is 18.3 Å². The number of rotatable bonds is 8. The fraction of sp³-hybridized carbons (Fsp3) is 0.571. The lowest BCUT2D eigenvalue weighted by molar-refractivity contribution is 0.119. The number of sulfonamides is 1. The van der Waals surface area contributed by atoms with Crippen molar-refractivity contribution in [3.8, 4) is 5.75 Å². The monoisotopic (exact) mass is 316 g/mol. The molecule has 0 aliphatic heterocycles. The summed E-state index contributed by atoms with van der Waals surface area (Å²) in [5.74, 6) is 0.199. The fourth-order valence-corrected chi connectivity index (χ4v) is 3.32. The Bertz CT molecular complexity index is 560. The topological polar surface area (TPSA) is 102 Å². The van der Waals surface area contributed by atoms with E-state index in [4.69, 9.17) is 10.5 Å². The van der Waals surface area contributed by atoms with Crippen molar-refractivity contribution in [3.63, 3.8) is 0 Å². The van der Waals surface area contributed by atoms with Crippen LogP contribution < -0.4 is 15.2 Å². The third-order valence-electron chi connectivity index (χ3n) is 3.95. The molecule has 0 bridgehead atoms. The zero-order valence-electron chi connectivity index (χ0n) is 12.7. The highest BCUT2D eigenvalue weighted by Crippen LogP contribution is 2.28. The Morgan fingerprint density at radius 3 is 2.43 bits per heavy atom. The number of nitrogens with two attached hydrogens (primary N) is 1. The number of ether oxygens (including phenoxy) is 1. The minimum Gasteiger partial charge on any atom is -0.495 e. The molecule has 21 heavy (non-hydrogen) atoms. The number of benzene rings is 1. The van der Waals surface area contributed by atoms with Crippen molar-refractivity contribution >= 4 is 15.7 Å². The molecule has 1 aromatic rings. The van der Waals surface area contributed by atoms with Crippen LogP contribution in [0, 0.1) is 5.41 Å². The van der Waals surface area contributed by atoms with Crippen LogP contribution in [0.1, 0.15) is 26.7 Å². The van der Waals surface area contributed by atoms with Gasteiger partial charge in [-0.25, -0.2) is 13.1 Å². The molecule has 0 unspecified atom stereocenters. The molecule has 0 aromatic heterocycles. The third-order valence-corrected chi connectivity index (χ3v) is 5.39. The van der Waals surface area contributed by atoms with E-state index in [1.807, 2.05) is 13.8 Å². The molecule has 120 valence electrons. The maximum atomic E-state index is 12.4. The van der Waals surface area contributed by atoms with Gasteiger partial charge < -0.3 is 15.6 Å². The van der Waals surface area contributed by atoms with E-state index in [9.17, 15) is 13.5 Å². The third kappa shape index (κ3) is 4.09. The number of methoxy groups -OCH3 is 1.